The van der Waals surface area contributed by atoms with E-state index >= 15 is 0 Å². The predicted molar refractivity (Wildman–Crippen MR) is 102 cm³/mol. The van der Waals surface area contributed by atoms with Crippen molar-refractivity contribution in [2.24, 2.45) is 5.73 Å². The molecule has 0 saturated heterocycles. The number of hydrogen-bond acceptors (Lipinski definition) is 5. The molecule has 0 fully saturated rings. The molecule has 2 aromatic rings. The van der Waals surface area contributed by atoms with Gasteiger partial charge in [-0.3, -0.25) is 9.59 Å². The van der Waals surface area contributed by atoms with Crippen LogP contribution in [0.5, 0.6) is 0 Å². The summed E-state index contributed by atoms with van der Waals surface area (Å²) < 4.78 is 0. The molecular formula is C20H18N2O3S. The van der Waals surface area contributed by atoms with Crippen molar-refractivity contribution in [3.8, 4) is 23.7 Å². The highest BCUT2D eigenvalue weighted by atomic mass is 32.1. The molecule has 1 aromatic heterocycles. The molecule has 0 saturated carbocycles. The van der Waals surface area contributed by atoms with Gasteiger partial charge in [0.1, 0.15) is 12.6 Å². The highest BCUT2D eigenvalue weighted by molar-refractivity contribution is 7.10. The molecule has 0 aliphatic rings. The van der Waals surface area contributed by atoms with Gasteiger partial charge in [-0.05, 0) is 60.4 Å². The second-order valence-electron chi connectivity index (χ2n) is 5.49. The van der Waals surface area contributed by atoms with E-state index in [1.54, 1.807) is 42.5 Å². The van der Waals surface area contributed by atoms with Gasteiger partial charge in [-0.15, -0.1) is 11.3 Å². The number of carbonyl (C=O) groups is 2. The van der Waals surface area contributed by atoms with Crippen LogP contribution in [0.1, 0.15) is 27.7 Å². The number of aliphatic hydroxyl groups is 1. The average molecular weight is 366 g/mol. The molecule has 5 nitrogen and oxygen atoms in total. The molecule has 132 valence electrons. The van der Waals surface area contributed by atoms with Crippen LogP contribution in [-0.2, 0) is 4.79 Å². The van der Waals surface area contributed by atoms with E-state index in [9.17, 15) is 9.59 Å². The summed E-state index contributed by atoms with van der Waals surface area (Å²) >= 11 is 1.55. The highest BCUT2D eigenvalue weighted by Gasteiger charge is 2.24. The number of rotatable bonds is 5. The van der Waals surface area contributed by atoms with Crippen molar-refractivity contribution < 1.29 is 14.7 Å². The molecule has 4 N–H and O–H groups in total. The van der Waals surface area contributed by atoms with Crippen LogP contribution < -0.4 is 11.1 Å². The molecule has 0 unspecified atom stereocenters. The fourth-order valence-corrected chi connectivity index (χ4v) is 2.65. The first-order valence-electron chi connectivity index (χ1n) is 7.87. The molecule has 1 aromatic carbocycles. The van der Waals surface area contributed by atoms with Crippen LogP contribution in [0.3, 0.4) is 0 Å². The van der Waals surface area contributed by atoms with E-state index < -0.39 is 30.4 Å². The van der Waals surface area contributed by atoms with Crippen molar-refractivity contribution in [1.82, 2.24) is 5.32 Å². The molecule has 1 amide bonds. The van der Waals surface area contributed by atoms with Crippen LogP contribution in [-0.4, -0.2) is 35.5 Å². The highest BCUT2D eigenvalue weighted by Crippen LogP contribution is 2.06. The Bertz CT molecular complexity index is 879. The summed E-state index contributed by atoms with van der Waals surface area (Å²) in [5, 5.41) is 13.4. The second kappa shape index (κ2) is 9.55. The largest absolute Gasteiger partial charge is 0.388 e. The van der Waals surface area contributed by atoms with E-state index in [1.165, 1.54) is 0 Å². The summed E-state index contributed by atoms with van der Waals surface area (Å²) in [6, 6.07) is 8.92. The quantitative estimate of drug-likeness (QED) is 0.693. The summed E-state index contributed by atoms with van der Waals surface area (Å²) in [5.74, 6) is 10.4. The summed E-state index contributed by atoms with van der Waals surface area (Å²) in [6.07, 6.45) is 0. The molecule has 1 heterocycles. The van der Waals surface area contributed by atoms with Gasteiger partial charge < -0.3 is 16.2 Å². The topological polar surface area (TPSA) is 92.4 Å². The van der Waals surface area contributed by atoms with Crippen molar-refractivity contribution in [3.63, 3.8) is 0 Å². The Balaban J connectivity index is 2.02. The fourth-order valence-electron chi connectivity index (χ4n) is 2.08. The normalized spacial score (nSPS) is 12.0. The maximum Gasteiger partial charge on any atom is 0.251 e. The molecule has 26 heavy (non-hydrogen) atoms. The van der Waals surface area contributed by atoms with Crippen LogP contribution in [0.2, 0.25) is 0 Å². The van der Waals surface area contributed by atoms with Gasteiger partial charge >= 0.3 is 0 Å². The van der Waals surface area contributed by atoms with Crippen LogP contribution in [0.15, 0.2) is 41.8 Å². The standard InChI is InChI=1S/C20H18N2O3S/c1-14(21)19(18(24)13-23)22-20(25)16-10-8-15(9-11-16)5-2-3-6-17-7-4-12-26-17/h4,7-12,14,19,23H,13,21H2,1H3,(H,22,25)/t14-,19+/m1/s1. The third kappa shape index (κ3) is 5.58. The number of nitrogens with two attached hydrogens (primary N) is 1. The number of ketones is 1. The van der Waals surface area contributed by atoms with E-state index in [2.05, 4.69) is 29.0 Å². The number of carbonyl (C=O) groups excluding carboxylic acids is 2. The van der Waals surface area contributed by atoms with Gasteiger partial charge in [0, 0.05) is 17.2 Å². The molecule has 0 bridgehead atoms. The number of amides is 1. The number of benzene rings is 1. The lowest BCUT2D eigenvalue weighted by atomic mass is 10.1. The average Bonchev–Trinajstić information content (AvgIpc) is 3.16. The molecule has 0 spiro atoms. The molecule has 6 heteroatoms. The Morgan fingerprint density at radius 1 is 1.19 bits per heavy atom. The van der Waals surface area contributed by atoms with Gasteiger partial charge in [-0.1, -0.05) is 12.0 Å². The van der Waals surface area contributed by atoms with E-state index in [-0.39, 0.29) is 0 Å². The number of nitrogens with one attached hydrogen (secondary N) is 1. The Morgan fingerprint density at radius 2 is 1.88 bits per heavy atom. The van der Waals surface area contributed by atoms with Crippen LogP contribution >= 0.6 is 11.3 Å². The number of aliphatic hydroxyl groups excluding tert-OH is 1. The predicted octanol–water partition coefficient (Wildman–Crippen LogP) is 1.16. The molecule has 2 atom stereocenters. The second-order valence-corrected chi connectivity index (χ2v) is 6.44. The van der Waals surface area contributed by atoms with Crippen LogP contribution in [0, 0.1) is 23.7 Å². The van der Waals surface area contributed by atoms with Crippen molar-refractivity contribution in [2.45, 2.75) is 19.0 Å². The molecular weight excluding hydrogens is 348 g/mol. The molecule has 0 radical (unpaired) electrons. The fraction of sp³-hybridized carbons (Fsp3) is 0.200. The van der Waals surface area contributed by atoms with Gasteiger partial charge in [-0.2, -0.15) is 0 Å². The summed E-state index contributed by atoms with van der Waals surface area (Å²) in [7, 11) is 0. The molecule has 0 aliphatic carbocycles. The SMILES string of the molecule is C[C@@H](N)[C@H](NC(=O)c1ccc(C#CC#Cc2cccs2)cc1)C(=O)CO. The van der Waals surface area contributed by atoms with Gasteiger partial charge in [0.2, 0.25) is 0 Å². The van der Waals surface area contributed by atoms with Gasteiger partial charge in [0.15, 0.2) is 5.78 Å². The lowest BCUT2D eigenvalue weighted by Crippen LogP contribution is -2.52. The van der Waals surface area contributed by atoms with Crippen LogP contribution in [0.4, 0.5) is 0 Å². The third-order valence-electron chi connectivity index (χ3n) is 3.44. The first-order chi connectivity index (χ1) is 12.5. The summed E-state index contributed by atoms with van der Waals surface area (Å²) in [4.78, 5) is 24.8. The minimum Gasteiger partial charge on any atom is -0.388 e. The Kier molecular flexibility index (Phi) is 7.13. The van der Waals surface area contributed by atoms with Crippen molar-refractivity contribution >= 4 is 23.0 Å². The Labute approximate surface area is 156 Å². The van der Waals surface area contributed by atoms with E-state index in [4.69, 9.17) is 10.8 Å². The monoisotopic (exact) mass is 366 g/mol. The van der Waals surface area contributed by atoms with Crippen LogP contribution in [0.25, 0.3) is 0 Å². The van der Waals surface area contributed by atoms with Gasteiger partial charge in [0.05, 0.1) is 4.88 Å². The smallest absolute Gasteiger partial charge is 0.251 e. The van der Waals surface area contributed by atoms with Crippen molar-refractivity contribution in [2.75, 3.05) is 6.61 Å². The maximum absolute atomic E-state index is 12.2. The molecule has 2 rings (SSSR count). The van der Waals surface area contributed by atoms with E-state index in [1.807, 2.05) is 17.5 Å². The Hall–Kier alpha value is -2.90. The minimum absolute atomic E-state index is 0.372. The minimum atomic E-state index is -0.931. The first-order valence-corrected chi connectivity index (χ1v) is 8.75. The Morgan fingerprint density at radius 3 is 2.46 bits per heavy atom. The lowest BCUT2D eigenvalue weighted by Gasteiger charge is -2.20. The summed E-state index contributed by atoms with van der Waals surface area (Å²) in [6.45, 7) is 0.919. The zero-order valence-corrected chi connectivity index (χ0v) is 15.0. The lowest BCUT2D eigenvalue weighted by molar-refractivity contribution is -0.123. The van der Waals surface area contributed by atoms with E-state index in [0.717, 1.165) is 10.4 Å². The zero-order valence-electron chi connectivity index (χ0n) is 14.2. The summed E-state index contributed by atoms with van der Waals surface area (Å²) in [5.41, 5.74) is 6.78. The van der Waals surface area contributed by atoms with E-state index in [0.29, 0.717) is 5.56 Å². The number of thiophene rings is 1. The zero-order chi connectivity index (χ0) is 18.9. The van der Waals surface area contributed by atoms with Crippen molar-refractivity contribution in [1.29, 1.82) is 0 Å². The van der Waals surface area contributed by atoms with Gasteiger partial charge in [0.25, 0.3) is 5.91 Å². The number of hydrogen-bond donors (Lipinski definition) is 3. The maximum atomic E-state index is 12.2. The van der Waals surface area contributed by atoms with Gasteiger partial charge in [-0.25, -0.2) is 0 Å². The first kappa shape index (κ1) is 19.4. The number of Topliss-reactive ketones (excluding diaryl/α,β-unsaturated/α-hetero) is 1. The molecule has 0 aliphatic heterocycles. The van der Waals surface area contributed by atoms with Crippen molar-refractivity contribution in [3.05, 3.63) is 57.8 Å². The third-order valence-corrected chi connectivity index (χ3v) is 4.22.